The Bertz CT molecular complexity index is 1960. The predicted octanol–water partition coefficient (Wildman–Crippen LogP) is 2.00. The first-order chi connectivity index (χ1) is 26.2. The molecule has 0 saturated carbocycles. The molecule has 3 heterocycles. The van der Waals surface area contributed by atoms with E-state index < -0.39 is 41.4 Å². The smallest absolute Gasteiger partial charge is 0.310 e. The second-order valence-corrected chi connectivity index (χ2v) is 12.8. The molecule has 0 spiro atoms. The van der Waals surface area contributed by atoms with Crippen LogP contribution >= 0.6 is 12.2 Å². The molecule has 0 aliphatic carbocycles. The zero-order chi connectivity index (χ0) is 40.9. The monoisotopic (exact) mass is 781 g/mol. The third kappa shape index (κ3) is 10.6. The van der Waals surface area contributed by atoms with Crippen molar-refractivity contribution < 1.29 is 57.2 Å². The van der Waals surface area contributed by atoms with E-state index in [2.05, 4.69) is 27.4 Å². The van der Waals surface area contributed by atoms with Crippen LogP contribution in [0.3, 0.4) is 0 Å². The average molecular weight is 782 g/mol. The summed E-state index contributed by atoms with van der Waals surface area (Å²) < 4.78 is 29.5. The van der Waals surface area contributed by atoms with Crippen LogP contribution in [0.2, 0.25) is 0 Å². The molecule has 1 atom stereocenters. The molecule has 18 heteroatoms. The standard InChI is InChI=1S/C37H43N5O12S/c1-49-30(43)10-7-20-24(14-34(47)53-5)29(19-39)40-26(20)16-37(25(15-35(48)54-6)22(36(55)42-37)9-12-32(45)51-3)17-27-23(13-33(46)52-4)21(28(18-38)41-27)8-11-31(44)50-2/h40-41H,7-17H2,1-6H3,(H,42,55). The second kappa shape index (κ2) is 19.9. The molecule has 55 heavy (non-hydrogen) atoms. The number of ether oxygens (including phenoxy) is 6. The number of nitrogens with one attached hydrogen (secondary N) is 3. The Morgan fingerprint density at radius 1 is 0.564 bits per heavy atom. The molecule has 1 aliphatic heterocycles. The largest absolute Gasteiger partial charge is 0.469 e. The van der Waals surface area contributed by atoms with Crippen LogP contribution in [0.4, 0.5) is 0 Å². The number of H-pyrrole nitrogens is 2. The van der Waals surface area contributed by atoms with E-state index in [1.54, 1.807) is 0 Å². The van der Waals surface area contributed by atoms with Gasteiger partial charge in [0.25, 0.3) is 0 Å². The van der Waals surface area contributed by atoms with Crippen molar-refractivity contribution in [2.45, 2.75) is 76.2 Å². The van der Waals surface area contributed by atoms with Crippen molar-refractivity contribution in [3.63, 3.8) is 0 Å². The Labute approximate surface area is 322 Å². The van der Waals surface area contributed by atoms with Crippen LogP contribution in [0, 0.1) is 22.7 Å². The van der Waals surface area contributed by atoms with E-state index in [1.807, 2.05) is 0 Å². The maximum absolute atomic E-state index is 13.1. The number of rotatable bonds is 19. The Morgan fingerprint density at radius 3 is 1.44 bits per heavy atom. The van der Waals surface area contributed by atoms with E-state index >= 15 is 0 Å². The van der Waals surface area contributed by atoms with Gasteiger partial charge in [0.1, 0.15) is 28.5 Å². The number of hydrogen-bond acceptors (Lipinski definition) is 15. The summed E-state index contributed by atoms with van der Waals surface area (Å²) in [5.41, 5.74) is 1.76. The number of thiocarbonyl (C=S) groups is 1. The first-order valence-electron chi connectivity index (χ1n) is 17.0. The summed E-state index contributed by atoms with van der Waals surface area (Å²) in [6.07, 6.45) is -1.33. The van der Waals surface area contributed by atoms with E-state index in [-0.39, 0.29) is 92.6 Å². The van der Waals surface area contributed by atoms with Gasteiger partial charge < -0.3 is 43.7 Å². The minimum absolute atomic E-state index is 0.0309. The third-order valence-electron chi connectivity index (χ3n) is 9.43. The van der Waals surface area contributed by atoms with Gasteiger partial charge in [-0.25, -0.2) is 0 Å². The topological polar surface area (TPSA) is 249 Å². The minimum Gasteiger partial charge on any atom is -0.469 e. The fraction of sp³-hybridized carbons (Fsp3) is 0.486. The molecular weight excluding hydrogens is 738 g/mol. The summed E-state index contributed by atoms with van der Waals surface area (Å²) >= 11 is 5.85. The lowest BCUT2D eigenvalue weighted by Gasteiger charge is -2.34. The summed E-state index contributed by atoms with van der Waals surface area (Å²) in [5.74, 6) is -3.57. The summed E-state index contributed by atoms with van der Waals surface area (Å²) in [7, 11) is 7.30. The zero-order valence-electron chi connectivity index (χ0n) is 31.5. The van der Waals surface area contributed by atoms with Gasteiger partial charge in [0.15, 0.2) is 0 Å². The molecule has 1 unspecified atom stereocenters. The quantitative estimate of drug-likeness (QED) is 0.105. The Balaban J connectivity index is 2.43. The van der Waals surface area contributed by atoms with Crippen LogP contribution in [-0.4, -0.2) is 99.0 Å². The summed E-state index contributed by atoms with van der Waals surface area (Å²) in [6.45, 7) is 0. The second-order valence-electron chi connectivity index (χ2n) is 12.4. The van der Waals surface area contributed by atoms with Crippen LogP contribution < -0.4 is 5.32 Å². The number of methoxy groups -OCH3 is 6. The van der Waals surface area contributed by atoms with Crippen molar-refractivity contribution in [3.05, 3.63) is 56.2 Å². The summed E-state index contributed by atoms with van der Waals surface area (Å²) in [5, 5.41) is 23.7. The van der Waals surface area contributed by atoms with Crippen LogP contribution in [0.5, 0.6) is 0 Å². The Kier molecular flexibility index (Phi) is 15.7. The van der Waals surface area contributed by atoms with Gasteiger partial charge in [-0.2, -0.15) is 10.5 Å². The lowest BCUT2D eigenvalue weighted by Crippen LogP contribution is -2.49. The first kappa shape index (κ1) is 43.4. The number of aromatic amines is 2. The van der Waals surface area contributed by atoms with Crippen LogP contribution in [-0.2, 0) is 95.7 Å². The molecule has 0 amide bonds. The first-order valence-corrected chi connectivity index (χ1v) is 17.4. The number of aromatic nitrogens is 2. The molecule has 294 valence electrons. The number of carbonyl (C=O) groups excluding carboxylic acids is 6. The average Bonchev–Trinajstić information content (AvgIpc) is 3.77. The van der Waals surface area contributed by atoms with Gasteiger partial charge in [-0.3, -0.25) is 28.8 Å². The molecule has 0 bridgehead atoms. The molecule has 1 aliphatic rings. The number of esters is 6. The SMILES string of the molecule is COC(=O)CCC1=C(CC(=O)OC)C(Cc2[nH]c(C#N)c(CC(=O)OC)c2CCC(=O)OC)(Cc2[nH]c(C#N)c(CCC(=O)OC)c2CC(=O)OC)NC1=S. The normalized spacial score (nSPS) is 14.7. The number of nitriles is 2. The van der Waals surface area contributed by atoms with Crippen molar-refractivity contribution in [2.75, 3.05) is 42.7 Å². The lowest BCUT2D eigenvalue weighted by atomic mass is 9.77. The predicted molar refractivity (Wildman–Crippen MR) is 194 cm³/mol. The van der Waals surface area contributed by atoms with Gasteiger partial charge in [0.05, 0.1) is 67.5 Å². The highest BCUT2D eigenvalue weighted by Gasteiger charge is 2.46. The molecule has 17 nitrogen and oxygen atoms in total. The van der Waals surface area contributed by atoms with Crippen LogP contribution in [0.25, 0.3) is 0 Å². The van der Waals surface area contributed by atoms with Crippen molar-refractivity contribution in [1.29, 1.82) is 10.5 Å². The van der Waals surface area contributed by atoms with Gasteiger partial charge in [-0.05, 0) is 47.1 Å². The molecule has 3 N–H and O–H groups in total. The Hall–Kier alpha value is -6.01. The highest BCUT2D eigenvalue weighted by Crippen LogP contribution is 2.41. The van der Waals surface area contributed by atoms with Crippen molar-refractivity contribution >= 4 is 53.0 Å². The zero-order valence-corrected chi connectivity index (χ0v) is 32.3. The van der Waals surface area contributed by atoms with E-state index in [9.17, 15) is 39.3 Å². The highest BCUT2D eigenvalue weighted by atomic mass is 32.1. The number of hydrogen-bond donors (Lipinski definition) is 3. The molecule has 3 rings (SSSR count). The highest BCUT2D eigenvalue weighted by molar-refractivity contribution is 7.80. The molecule has 2 aromatic heterocycles. The van der Waals surface area contributed by atoms with Gasteiger partial charge in [-0.1, -0.05) is 12.2 Å². The van der Waals surface area contributed by atoms with Crippen LogP contribution in [0.1, 0.15) is 77.1 Å². The molecule has 2 aromatic rings. The molecular formula is C37H43N5O12S. The van der Waals surface area contributed by atoms with Gasteiger partial charge in [0, 0.05) is 49.1 Å². The van der Waals surface area contributed by atoms with E-state index in [0.717, 1.165) is 0 Å². The van der Waals surface area contributed by atoms with E-state index in [4.69, 9.17) is 40.6 Å². The number of nitrogens with zero attached hydrogens (tertiary/aromatic N) is 2. The van der Waals surface area contributed by atoms with Crippen molar-refractivity contribution in [2.24, 2.45) is 0 Å². The maximum Gasteiger partial charge on any atom is 0.310 e. The van der Waals surface area contributed by atoms with Gasteiger partial charge in [0.2, 0.25) is 0 Å². The fourth-order valence-electron chi connectivity index (χ4n) is 6.69. The van der Waals surface area contributed by atoms with Gasteiger partial charge >= 0.3 is 35.8 Å². The molecule has 0 radical (unpaired) electrons. The third-order valence-corrected chi connectivity index (χ3v) is 9.78. The Morgan fingerprint density at radius 2 is 0.964 bits per heavy atom. The summed E-state index contributed by atoms with van der Waals surface area (Å²) in [4.78, 5) is 81.8. The van der Waals surface area contributed by atoms with Crippen LogP contribution in [0.15, 0.2) is 11.1 Å². The van der Waals surface area contributed by atoms with Crippen molar-refractivity contribution in [3.8, 4) is 12.1 Å². The summed E-state index contributed by atoms with van der Waals surface area (Å²) in [6, 6.07) is 4.17. The molecule has 0 aromatic carbocycles. The number of carbonyl (C=O) groups is 6. The van der Waals surface area contributed by atoms with Crippen molar-refractivity contribution in [1.82, 2.24) is 15.3 Å². The maximum atomic E-state index is 13.1. The molecule has 0 saturated heterocycles. The van der Waals surface area contributed by atoms with Gasteiger partial charge in [-0.15, -0.1) is 0 Å². The molecule has 0 fully saturated rings. The fourth-order valence-corrected chi connectivity index (χ4v) is 7.11. The minimum atomic E-state index is -1.40. The lowest BCUT2D eigenvalue weighted by molar-refractivity contribution is -0.141. The van der Waals surface area contributed by atoms with E-state index in [1.165, 1.54) is 42.7 Å². The van der Waals surface area contributed by atoms with E-state index in [0.29, 0.717) is 39.2 Å².